The summed E-state index contributed by atoms with van der Waals surface area (Å²) in [6.07, 6.45) is 0. The molecule has 0 heterocycles. The molecule has 1 aliphatic carbocycles. The number of hydrogen-bond donors (Lipinski definition) is 2. The molecule has 0 aromatic heterocycles. The van der Waals surface area contributed by atoms with Gasteiger partial charge in [0.15, 0.2) is 11.6 Å². The van der Waals surface area contributed by atoms with Crippen molar-refractivity contribution in [2.24, 2.45) is 0 Å². The summed E-state index contributed by atoms with van der Waals surface area (Å²) in [6.45, 7) is 0. The first kappa shape index (κ1) is 25.8. The van der Waals surface area contributed by atoms with Crippen LogP contribution < -0.4 is 0 Å². The molecule has 42 heavy (non-hydrogen) atoms. The molecule has 0 unspecified atom stereocenters. The maximum absolute atomic E-state index is 14.7. The highest BCUT2D eigenvalue weighted by atomic mass is 32.1. The number of fused-ring (bicyclic) bond motifs is 2. The third-order valence-corrected chi connectivity index (χ3v) is 8.19. The normalized spacial score (nSPS) is 12.1. The van der Waals surface area contributed by atoms with Crippen LogP contribution in [0.25, 0.3) is 44.5 Å². The minimum Gasteiger partial charge on any atom is -0.507 e. The number of carbonyl (C=O) groups excluding carboxylic acids is 2. The highest BCUT2D eigenvalue weighted by Crippen LogP contribution is 2.53. The summed E-state index contributed by atoms with van der Waals surface area (Å²) in [7, 11) is 0. The van der Waals surface area contributed by atoms with Crippen LogP contribution in [0.1, 0.15) is 31.8 Å². The molecule has 0 radical (unpaired) electrons. The molecule has 1 aliphatic rings. The van der Waals surface area contributed by atoms with Crippen molar-refractivity contribution in [1.29, 1.82) is 0 Å². The Labute approximate surface area is 249 Å². The number of rotatable bonds is 4. The summed E-state index contributed by atoms with van der Waals surface area (Å²) in [4.78, 5) is 29.8. The van der Waals surface area contributed by atoms with Gasteiger partial charge in [0.25, 0.3) is 0 Å². The first-order chi connectivity index (χ1) is 20.6. The fourth-order valence-electron chi connectivity index (χ4n) is 6.07. The fourth-order valence-corrected chi connectivity index (χ4v) is 6.36. The Balaban J connectivity index is 1.79. The zero-order chi connectivity index (χ0) is 28.8. The van der Waals surface area contributed by atoms with Gasteiger partial charge < -0.3 is 5.11 Å². The molecule has 0 spiro atoms. The standard InChI is InChI=1S/C38H24O3S/c39-27-21-22-28(42)34-33(27)37(40)35-31(25-17-9-3-10-18-25)29(23-13-5-1-6-14-23)30(24-15-7-2-8-16-24)32(36(35)38(34)41)26-19-11-4-12-20-26/h1-22,39,42H. The quantitative estimate of drug-likeness (QED) is 0.211. The van der Waals surface area contributed by atoms with Crippen molar-refractivity contribution in [1.82, 2.24) is 0 Å². The van der Waals surface area contributed by atoms with E-state index in [0.29, 0.717) is 21.6 Å². The van der Waals surface area contributed by atoms with Gasteiger partial charge in [0, 0.05) is 27.1 Å². The Bertz CT molecular complexity index is 1850. The Hall–Kier alpha value is -5.19. The number of benzene rings is 6. The van der Waals surface area contributed by atoms with E-state index in [-0.39, 0.29) is 28.2 Å². The van der Waals surface area contributed by atoms with Gasteiger partial charge in [-0.15, -0.1) is 12.6 Å². The first-order valence-electron chi connectivity index (χ1n) is 13.7. The van der Waals surface area contributed by atoms with E-state index in [4.69, 9.17) is 0 Å². The molecule has 0 bridgehead atoms. The highest BCUT2D eigenvalue weighted by Gasteiger charge is 2.40. The number of hydrogen-bond acceptors (Lipinski definition) is 4. The van der Waals surface area contributed by atoms with Gasteiger partial charge >= 0.3 is 0 Å². The van der Waals surface area contributed by atoms with Gasteiger partial charge in [0.2, 0.25) is 0 Å². The lowest BCUT2D eigenvalue weighted by Crippen LogP contribution is -2.25. The smallest absolute Gasteiger partial charge is 0.198 e. The molecule has 4 heteroatoms. The topological polar surface area (TPSA) is 54.4 Å². The molecule has 0 atom stereocenters. The van der Waals surface area contributed by atoms with Crippen LogP contribution in [0, 0.1) is 0 Å². The highest BCUT2D eigenvalue weighted by molar-refractivity contribution is 7.80. The van der Waals surface area contributed by atoms with Crippen LogP contribution in [0.5, 0.6) is 5.75 Å². The summed E-state index contributed by atoms with van der Waals surface area (Å²) in [6, 6.07) is 42.4. The third kappa shape index (κ3) is 3.99. The van der Waals surface area contributed by atoms with Gasteiger partial charge in [-0.05, 0) is 45.5 Å². The minimum absolute atomic E-state index is 0.0114. The number of phenols is 1. The second kappa shape index (κ2) is 10.3. The molecule has 6 aromatic carbocycles. The van der Waals surface area contributed by atoms with Crippen LogP contribution in [0.3, 0.4) is 0 Å². The second-order valence-corrected chi connectivity index (χ2v) is 10.7. The molecule has 0 saturated heterocycles. The molecular weight excluding hydrogens is 536 g/mol. The van der Waals surface area contributed by atoms with E-state index in [1.807, 2.05) is 121 Å². The monoisotopic (exact) mass is 560 g/mol. The van der Waals surface area contributed by atoms with Crippen molar-refractivity contribution in [3.05, 3.63) is 156 Å². The van der Waals surface area contributed by atoms with E-state index in [9.17, 15) is 14.7 Å². The summed E-state index contributed by atoms with van der Waals surface area (Å²) in [5, 5.41) is 11.0. The lowest BCUT2D eigenvalue weighted by molar-refractivity contribution is 0.0975. The molecule has 6 aromatic rings. The summed E-state index contributed by atoms with van der Waals surface area (Å²) in [5.74, 6) is -0.977. The van der Waals surface area contributed by atoms with Crippen LogP contribution in [0.15, 0.2) is 138 Å². The largest absolute Gasteiger partial charge is 0.507 e. The minimum atomic E-state index is -0.402. The van der Waals surface area contributed by atoms with Crippen molar-refractivity contribution in [2.75, 3.05) is 0 Å². The average molecular weight is 561 g/mol. The van der Waals surface area contributed by atoms with Crippen LogP contribution in [0.4, 0.5) is 0 Å². The van der Waals surface area contributed by atoms with Gasteiger partial charge in [-0.25, -0.2) is 0 Å². The van der Waals surface area contributed by atoms with E-state index in [0.717, 1.165) is 33.4 Å². The summed E-state index contributed by atoms with van der Waals surface area (Å²) in [5.41, 5.74) is 7.19. The van der Waals surface area contributed by atoms with Gasteiger partial charge in [0.1, 0.15) is 5.75 Å². The van der Waals surface area contributed by atoms with Crippen molar-refractivity contribution < 1.29 is 14.7 Å². The maximum Gasteiger partial charge on any atom is 0.198 e. The maximum atomic E-state index is 14.7. The van der Waals surface area contributed by atoms with Gasteiger partial charge in [-0.2, -0.15) is 0 Å². The molecule has 1 N–H and O–H groups in total. The zero-order valence-electron chi connectivity index (χ0n) is 22.4. The molecular formula is C38H24O3S. The van der Waals surface area contributed by atoms with Crippen molar-refractivity contribution >= 4 is 24.2 Å². The molecule has 0 amide bonds. The summed E-state index contributed by atoms with van der Waals surface area (Å²) < 4.78 is 0. The predicted molar refractivity (Wildman–Crippen MR) is 170 cm³/mol. The van der Waals surface area contributed by atoms with Crippen molar-refractivity contribution in [3.8, 4) is 50.3 Å². The fraction of sp³-hybridized carbons (Fsp3) is 0. The van der Waals surface area contributed by atoms with Crippen LogP contribution >= 0.6 is 12.6 Å². The van der Waals surface area contributed by atoms with Crippen molar-refractivity contribution in [2.45, 2.75) is 4.90 Å². The third-order valence-electron chi connectivity index (χ3n) is 7.82. The number of phenolic OH excluding ortho intramolecular Hbond substituents is 1. The van der Waals surface area contributed by atoms with E-state index >= 15 is 0 Å². The van der Waals surface area contributed by atoms with E-state index < -0.39 is 5.78 Å². The molecule has 3 nitrogen and oxygen atoms in total. The van der Waals surface area contributed by atoms with E-state index in [2.05, 4.69) is 12.6 Å². The zero-order valence-corrected chi connectivity index (χ0v) is 23.3. The van der Waals surface area contributed by atoms with Gasteiger partial charge in [-0.1, -0.05) is 121 Å². The molecule has 7 rings (SSSR count). The Morgan fingerprint density at radius 2 is 0.667 bits per heavy atom. The lowest BCUT2D eigenvalue weighted by atomic mass is 9.71. The number of aromatic hydroxyl groups is 1. The van der Waals surface area contributed by atoms with Crippen molar-refractivity contribution in [3.63, 3.8) is 0 Å². The Morgan fingerprint density at radius 3 is 1.02 bits per heavy atom. The van der Waals surface area contributed by atoms with Gasteiger partial charge in [0.05, 0.1) is 11.1 Å². The van der Waals surface area contributed by atoms with Crippen LogP contribution in [-0.2, 0) is 0 Å². The second-order valence-electron chi connectivity index (χ2n) is 10.2. The average Bonchev–Trinajstić information content (AvgIpc) is 3.05. The van der Waals surface area contributed by atoms with Crippen LogP contribution in [0.2, 0.25) is 0 Å². The number of thiol groups is 1. The molecule has 0 fully saturated rings. The van der Waals surface area contributed by atoms with E-state index in [1.54, 1.807) is 6.07 Å². The predicted octanol–water partition coefficient (Wildman–Crippen LogP) is 9.12. The summed E-state index contributed by atoms with van der Waals surface area (Å²) >= 11 is 4.58. The number of ketones is 2. The molecule has 200 valence electrons. The molecule has 0 aliphatic heterocycles. The first-order valence-corrected chi connectivity index (χ1v) is 14.1. The Kier molecular flexibility index (Phi) is 6.34. The Morgan fingerprint density at radius 1 is 0.357 bits per heavy atom. The number of carbonyl (C=O) groups is 2. The molecule has 0 saturated carbocycles. The van der Waals surface area contributed by atoms with Gasteiger partial charge in [-0.3, -0.25) is 9.59 Å². The lowest BCUT2D eigenvalue weighted by Gasteiger charge is -2.30. The van der Waals surface area contributed by atoms with Crippen LogP contribution in [-0.4, -0.2) is 16.7 Å². The SMILES string of the molecule is O=C1c2c(O)ccc(S)c2C(=O)c2c1c(-c1ccccc1)c(-c1ccccc1)c(-c1ccccc1)c2-c1ccccc1. The van der Waals surface area contributed by atoms with E-state index in [1.165, 1.54) is 6.07 Å².